The van der Waals surface area contributed by atoms with Gasteiger partial charge in [-0.1, -0.05) is 44.7 Å². The van der Waals surface area contributed by atoms with Crippen LogP contribution < -0.4 is 0 Å². The van der Waals surface area contributed by atoms with Gasteiger partial charge in [0.25, 0.3) is 0 Å². The molecule has 0 atom stereocenters. The van der Waals surface area contributed by atoms with Gasteiger partial charge < -0.3 is 4.65 Å². The lowest BCUT2D eigenvalue weighted by Crippen LogP contribution is -1.90. The van der Waals surface area contributed by atoms with Crippen molar-refractivity contribution in [1.82, 2.24) is 0 Å². The molecule has 0 fully saturated rings. The number of hydrogen-bond donors (Lipinski definition) is 0. The zero-order valence-electron chi connectivity index (χ0n) is 2.74. The maximum atomic E-state index is 4.72. The second-order valence-corrected chi connectivity index (χ2v) is 5.14. The van der Waals surface area contributed by atoms with Gasteiger partial charge in [-0.05, 0) is 0 Å². The fourth-order valence-electron chi connectivity index (χ4n) is 0. The van der Waals surface area contributed by atoms with Gasteiger partial charge in [0.2, 0.25) is 0 Å². The van der Waals surface area contributed by atoms with Crippen LogP contribution in [0.25, 0.3) is 0 Å². The lowest BCUT2D eigenvalue weighted by atomic mass is 10.6. The molecule has 0 aromatic carbocycles. The Morgan fingerprint density at radius 1 is 1.60 bits per heavy atom. The fourth-order valence-corrected chi connectivity index (χ4v) is 0. The highest BCUT2D eigenvalue weighted by Gasteiger charge is 1.95. The minimum Gasteiger partial charge on any atom is -0.421 e. The van der Waals surface area contributed by atoms with Crippen LogP contribution in [0, 0.1) is 0 Å². The van der Waals surface area contributed by atoms with E-state index in [1.807, 2.05) is 0 Å². The summed E-state index contributed by atoms with van der Waals surface area (Å²) in [5.74, 6) is 0. The second kappa shape index (κ2) is 3.67. The monoisotopic (exact) mass is 296 g/mol. The van der Waals surface area contributed by atoms with E-state index in [0.29, 0.717) is 2.63 Å². The van der Waals surface area contributed by atoms with E-state index in [2.05, 4.69) is 44.7 Å². The Kier molecular flexibility index (Phi) is 4.76. The molecular weight excluding hydrogens is 293 g/mol. The molecule has 0 aliphatic heterocycles. The predicted octanol–water partition coefficient (Wildman–Crippen LogP) is 1.49. The van der Waals surface area contributed by atoms with Gasteiger partial charge in [-0.3, -0.25) is 0 Å². The minimum absolute atomic E-state index is 0.324. The summed E-state index contributed by atoms with van der Waals surface area (Å²) in [6.07, 6.45) is 0. The molecule has 0 N–H and O–H groups in total. The van der Waals surface area contributed by atoms with E-state index < -0.39 is 0 Å². The lowest BCUT2D eigenvalue weighted by molar-refractivity contribution is 0.456. The van der Waals surface area contributed by atoms with Crippen molar-refractivity contribution in [3.8, 4) is 0 Å². The van der Waals surface area contributed by atoms with Crippen LogP contribution in [0.15, 0.2) is 0 Å². The summed E-state index contributed by atoms with van der Waals surface area (Å²) in [4.78, 5) is 0. The second-order valence-electron chi connectivity index (χ2n) is 0.496. The van der Waals surface area contributed by atoms with Crippen molar-refractivity contribution < 1.29 is 4.65 Å². The van der Waals surface area contributed by atoms with Crippen LogP contribution in [-0.4, -0.2) is 9.74 Å². The van der Waals surface area contributed by atoms with Crippen LogP contribution in [0.5, 0.6) is 0 Å². The van der Waals surface area contributed by atoms with Crippen molar-refractivity contribution in [3.63, 3.8) is 0 Å². The summed E-state index contributed by atoms with van der Waals surface area (Å²) in [7, 11) is 1.68. The van der Waals surface area contributed by atoms with Crippen molar-refractivity contribution in [2.45, 2.75) is 0 Å². The third kappa shape index (κ3) is 5.48. The molecule has 1 nitrogen and oxygen atoms in total. The molecule has 30 valence electrons. The summed E-state index contributed by atoms with van der Waals surface area (Å²) >= 11 is 4.34. The molecule has 0 saturated heterocycles. The van der Waals surface area contributed by atoms with E-state index in [1.54, 1.807) is 7.11 Å². The standard InChI is InChI=1S/CH3BI2O/c1-5-2(3)4/h1H3. The van der Waals surface area contributed by atoms with Gasteiger partial charge in [-0.2, -0.15) is 0 Å². The van der Waals surface area contributed by atoms with E-state index in [4.69, 9.17) is 4.65 Å². The fraction of sp³-hybridized carbons (Fsp3) is 1.00. The van der Waals surface area contributed by atoms with E-state index in [1.165, 1.54) is 0 Å². The zero-order chi connectivity index (χ0) is 4.28. The first-order valence-corrected chi connectivity index (χ1v) is 3.57. The number of rotatable bonds is 1. The van der Waals surface area contributed by atoms with E-state index in [0.717, 1.165) is 0 Å². The quantitative estimate of drug-likeness (QED) is 0.526. The van der Waals surface area contributed by atoms with Gasteiger partial charge in [0, 0.05) is 7.11 Å². The van der Waals surface area contributed by atoms with Crippen LogP contribution in [0.1, 0.15) is 0 Å². The Balaban J connectivity index is 2.54. The first-order valence-electron chi connectivity index (χ1n) is 1.08. The molecule has 0 radical (unpaired) electrons. The summed E-state index contributed by atoms with van der Waals surface area (Å²) in [5, 5.41) is 0. The van der Waals surface area contributed by atoms with Gasteiger partial charge in [0.15, 0.2) is 0 Å². The van der Waals surface area contributed by atoms with Gasteiger partial charge in [0.05, 0.1) is 0 Å². The number of hydrogen-bond acceptors (Lipinski definition) is 1. The molecule has 5 heavy (non-hydrogen) atoms. The summed E-state index contributed by atoms with van der Waals surface area (Å²) in [6, 6.07) is 0. The molecule has 0 aliphatic carbocycles. The first-order chi connectivity index (χ1) is 2.27. The van der Waals surface area contributed by atoms with Gasteiger partial charge in [0.1, 0.15) is 0 Å². The normalized spacial score (nSPS) is 7.80. The molecule has 0 aromatic heterocycles. The zero-order valence-corrected chi connectivity index (χ0v) is 7.06. The molecule has 4 heteroatoms. The molecule has 0 spiro atoms. The Labute approximate surface area is 58.7 Å². The molecule has 0 heterocycles. The molecule has 0 aliphatic rings. The Morgan fingerprint density at radius 3 is 1.80 bits per heavy atom. The van der Waals surface area contributed by atoms with Crippen LogP contribution in [0.4, 0.5) is 0 Å². The van der Waals surface area contributed by atoms with E-state index in [-0.39, 0.29) is 0 Å². The Hall–Kier alpha value is 1.48. The van der Waals surface area contributed by atoms with Crippen LogP contribution in [0.3, 0.4) is 0 Å². The van der Waals surface area contributed by atoms with Crippen molar-refractivity contribution >= 4 is 47.4 Å². The summed E-state index contributed by atoms with van der Waals surface area (Å²) in [5.41, 5.74) is 0. The molecule has 0 aromatic rings. The van der Waals surface area contributed by atoms with Gasteiger partial charge in [-0.15, -0.1) is 0 Å². The number of halogens is 2. The third-order valence-corrected chi connectivity index (χ3v) is 1.20. The van der Waals surface area contributed by atoms with Crippen molar-refractivity contribution in [2.24, 2.45) is 0 Å². The summed E-state index contributed by atoms with van der Waals surface area (Å²) < 4.78 is 5.05. The highest BCUT2D eigenvalue weighted by atomic mass is 127. The van der Waals surface area contributed by atoms with Crippen LogP contribution in [0.2, 0.25) is 0 Å². The molecular formula is CH3BI2O. The van der Waals surface area contributed by atoms with E-state index in [9.17, 15) is 0 Å². The predicted molar refractivity (Wildman–Crippen MR) is 40.8 cm³/mol. The Bertz CT molecular complexity index is 23.6. The maximum absolute atomic E-state index is 4.72. The van der Waals surface area contributed by atoms with Gasteiger partial charge >= 0.3 is 2.63 Å². The average Bonchev–Trinajstić information content (AvgIpc) is 1.38. The smallest absolute Gasteiger partial charge is 0.421 e. The summed E-state index contributed by atoms with van der Waals surface area (Å²) in [6.45, 7) is 0. The van der Waals surface area contributed by atoms with Crippen molar-refractivity contribution in [2.75, 3.05) is 7.11 Å². The molecule has 0 bridgehead atoms. The highest BCUT2D eigenvalue weighted by molar-refractivity contribution is 14.3. The van der Waals surface area contributed by atoms with Crippen molar-refractivity contribution in [1.29, 1.82) is 0 Å². The third-order valence-electron chi connectivity index (χ3n) is 0.178. The topological polar surface area (TPSA) is 9.23 Å². The highest BCUT2D eigenvalue weighted by Crippen LogP contribution is 2.01. The first kappa shape index (κ1) is 6.48. The molecule has 0 saturated carbocycles. The van der Waals surface area contributed by atoms with Crippen LogP contribution >= 0.6 is 44.7 Å². The largest absolute Gasteiger partial charge is 0.437 e. The van der Waals surface area contributed by atoms with Gasteiger partial charge in [-0.25, -0.2) is 0 Å². The van der Waals surface area contributed by atoms with E-state index >= 15 is 0 Å². The molecule has 0 amide bonds. The molecule has 0 rings (SSSR count). The van der Waals surface area contributed by atoms with Crippen LogP contribution in [-0.2, 0) is 4.65 Å². The maximum Gasteiger partial charge on any atom is 0.437 e. The Morgan fingerprint density at radius 2 is 1.80 bits per heavy atom. The molecule has 0 unspecified atom stereocenters. The minimum atomic E-state index is 0.324. The lowest BCUT2D eigenvalue weighted by Gasteiger charge is -1.84. The van der Waals surface area contributed by atoms with Crippen molar-refractivity contribution in [3.05, 3.63) is 0 Å². The average molecular weight is 296 g/mol. The SMILES string of the molecule is COB(I)I.